The number of aryl methyl sites for hydroxylation is 1. The van der Waals surface area contributed by atoms with E-state index in [0.717, 1.165) is 29.5 Å². The number of benzene rings is 1. The average molecular weight is 582 g/mol. The Morgan fingerprint density at radius 2 is 1.95 bits per heavy atom. The third kappa shape index (κ3) is 5.09. The van der Waals surface area contributed by atoms with E-state index in [1.54, 1.807) is 37.1 Å². The molecule has 1 atom stereocenters. The molecule has 1 aliphatic heterocycles. The Hall–Kier alpha value is -4.36. The molecule has 4 heterocycles. The van der Waals surface area contributed by atoms with Crippen molar-refractivity contribution in [1.82, 2.24) is 24.3 Å². The highest BCUT2D eigenvalue weighted by Crippen LogP contribution is 2.48. The molecule has 9 nitrogen and oxygen atoms in total. The number of aromatic nitrogens is 4. The predicted molar refractivity (Wildman–Crippen MR) is 168 cm³/mol. The third-order valence-electron chi connectivity index (χ3n) is 7.70. The normalized spacial score (nSPS) is 16.8. The lowest BCUT2D eigenvalue weighted by atomic mass is 9.88. The number of carbonyl (C=O) groups is 2. The smallest absolute Gasteiger partial charge is 0.299 e. The summed E-state index contributed by atoms with van der Waals surface area (Å²) in [4.78, 5) is 41.2. The zero-order valence-corrected chi connectivity index (χ0v) is 25.6. The molecule has 0 aliphatic carbocycles. The summed E-state index contributed by atoms with van der Waals surface area (Å²) in [7, 11) is 0. The van der Waals surface area contributed by atoms with Crippen LogP contribution in [-0.4, -0.2) is 48.9 Å². The molecule has 0 saturated carbocycles. The molecule has 0 bridgehead atoms. The van der Waals surface area contributed by atoms with Crippen LogP contribution in [0.1, 0.15) is 67.8 Å². The van der Waals surface area contributed by atoms with Crippen molar-refractivity contribution >= 4 is 40.7 Å². The summed E-state index contributed by atoms with van der Waals surface area (Å²) in [6.45, 7) is 10.5. The van der Waals surface area contributed by atoms with Crippen LogP contribution in [0.5, 0.6) is 0 Å². The van der Waals surface area contributed by atoms with E-state index in [9.17, 15) is 9.59 Å². The minimum Gasteiger partial charge on any atom is -0.382 e. The summed E-state index contributed by atoms with van der Waals surface area (Å²) in [6, 6.07) is 9.38. The number of likely N-dealkylation sites (tertiary alicyclic amines) is 1. The zero-order valence-electron chi connectivity index (χ0n) is 24.8. The monoisotopic (exact) mass is 581 g/mol. The van der Waals surface area contributed by atoms with Gasteiger partial charge in [0, 0.05) is 36.3 Å². The lowest BCUT2D eigenvalue weighted by molar-refractivity contribution is -0.127. The minimum absolute atomic E-state index is 0.0251. The molecular weight excluding hydrogens is 546 g/mol. The molecule has 1 saturated heterocycles. The summed E-state index contributed by atoms with van der Waals surface area (Å²) >= 11 is 1.57. The fourth-order valence-electron chi connectivity index (χ4n) is 5.47. The number of amides is 2. The van der Waals surface area contributed by atoms with E-state index in [0.29, 0.717) is 40.8 Å². The summed E-state index contributed by atoms with van der Waals surface area (Å²) in [6.07, 6.45) is 8.81. The van der Waals surface area contributed by atoms with Gasteiger partial charge in [0.2, 0.25) is 0 Å². The van der Waals surface area contributed by atoms with E-state index in [4.69, 9.17) is 10.7 Å². The molecule has 0 radical (unpaired) electrons. The van der Waals surface area contributed by atoms with Crippen molar-refractivity contribution in [2.75, 3.05) is 23.9 Å². The van der Waals surface area contributed by atoms with Crippen molar-refractivity contribution < 1.29 is 9.59 Å². The first-order valence-electron chi connectivity index (χ1n) is 13.8. The van der Waals surface area contributed by atoms with Crippen molar-refractivity contribution in [2.45, 2.75) is 57.7 Å². The molecule has 1 aliphatic rings. The van der Waals surface area contributed by atoms with E-state index in [2.05, 4.69) is 47.9 Å². The molecule has 5 rings (SSSR count). The van der Waals surface area contributed by atoms with Gasteiger partial charge in [-0.05, 0) is 73.6 Å². The van der Waals surface area contributed by atoms with Crippen molar-refractivity contribution in [2.24, 2.45) is 0 Å². The molecule has 1 aromatic carbocycles. The first kappa shape index (κ1) is 29.1. The van der Waals surface area contributed by atoms with Gasteiger partial charge in [0.25, 0.3) is 11.8 Å². The predicted octanol–water partition coefficient (Wildman–Crippen LogP) is 5.39. The number of nitrogens with one attached hydrogen (secondary N) is 1. The van der Waals surface area contributed by atoms with Crippen LogP contribution >= 0.6 is 11.8 Å². The fraction of sp³-hybridized carbons (Fsp3) is 0.344. The van der Waals surface area contributed by atoms with Gasteiger partial charge < -0.3 is 16.0 Å². The van der Waals surface area contributed by atoms with Crippen molar-refractivity contribution in [1.29, 1.82) is 0 Å². The Kier molecular flexibility index (Phi) is 7.73. The van der Waals surface area contributed by atoms with Crippen molar-refractivity contribution in [3.63, 3.8) is 0 Å². The highest BCUT2D eigenvalue weighted by Gasteiger charge is 2.48. The van der Waals surface area contributed by atoms with Gasteiger partial charge in [0.15, 0.2) is 5.82 Å². The maximum absolute atomic E-state index is 13.2. The van der Waals surface area contributed by atoms with Crippen molar-refractivity contribution in [3.05, 3.63) is 71.4 Å². The standard InChI is InChI=1S/C32H35N7O2S/c1-7-9-25(40)39-16-8-14-32(39,42-6)30-37-26(27-28(33)34-15-17-38(27)30)21-10-12-23(20(2)18-21)29(41)36-24-13-11-22(19-35-24)31(3,4)5/h10-13,15,17-19H,8,14,16H2,1-6H3,(H2,33,34)(H,35,36,41)/t32-/m1/s1. The lowest BCUT2D eigenvalue weighted by Crippen LogP contribution is -2.43. The van der Waals surface area contributed by atoms with E-state index >= 15 is 0 Å². The van der Waals surface area contributed by atoms with E-state index < -0.39 is 4.87 Å². The first-order valence-corrected chi connectivity index (χ1v) is 15.0. The largest absolute Gasteiger partial charge is 0.382 e. The molecule has 4 aromatic rings. The molecule has 42 heavy (non-hydrogen) atoms. The van der Waals surface area contributed by atoms with Crippen LogP contribution in [0, 0.1) is 18.8 Å². The number of thioether (sulfide) groups is 1. The number of nitrogens with two attached hydrogens (primary N) is 1. The molecule has 3 aromatic heterocycles. The highest BCUT2D eigenvalue weighted by atomic mass is 32.2. The number of fused-ring (bicyclic) bond motifs is 1. The van der Waals surface area contributed by atoms with Crippen molar-refractivity contribution in [3.8, 4) is 23.1 Å². The Morgan fingerprint density at radius 1 is 1.17 bits per heavy atom. The fourth-order valence-corrected chi connectivity index (χ4v) is 6.54. The average Bonchev–Trinajstić information content (AvgIpc) is 3.56. The SMILES string of the molecule is CC#CC(=O)N1CCC[C@@]1(SC)c1nc(-c2ccc(C(=O)Nc3ccc(C(C)(C)C)cn3)c(C)c2)c2c(N)nccn12. The number of hydrogen-bond acceptors (Lipinski definition) is 7. The van der Waals surface area contributed by atoms with Crippen LogP contribution in [0.4, 0.5) is 11.6 Å². The third-order valence-corrected chi connectivity index (χ3v) is 8.98. The summed E-state index contributed by atoms with van der Waals surface area (Å²) < 4.78 is 1.93. The first-order chi connectivity index (χ1) is 20.0. The van der Waals surface area contributed by atoms with Crippen LogP contribution in [0.2, 0.25) is 0 Å². The lowest BCUT2D eigenvalue weighted by Gasteiger charge is -2.34. The van der Waals surface area contributed by atoms with Crippen LogP contribution in [0.3, 0.4) is 0 Å². The number of pyridine rings is 1. The second-order valence-electron chi connectivity index (χ2n) is 11.4. The molecule has 2 amide bonds. The second-order valence-corrected chi connectivity index (χ2v) is 12.5. The van der Waals surface area contributed by atoms with Gasteiger partial charge in [-0.25, -0.2) is 15.0 Å². The number of rotatable bonds is 5. The Bertz CT molecular complexity index is 1740. The molecule has 0 unspecified atom stereocenters. The number of carbonyl (C=O) groups excluding carboxylic acids is 2. The highest BCUT2D eigenvalue weighted by molar-refractivity contribution is 7.99. The van der Waals surface area contributed by atoms with E-state index in [-0.39, 0.29) is 17.2 Å². The maximum Gasteiger partial charge on any atom is 0.299 e. The topological polar surface area (TPSA) is 119 Å². The van der Waals surface area contributed by atoms with Gasteiger partial charge in [0.1, 0.15) is 27.7 Å². The number of nitrogens with zero attached hydrogens (tertiary/aromatic N) is 5. The van der Waals surface area contributed by atoms with Crippen LogP contribution in [0.25, 0.3) is 16.8 Å². The Labute approximate surface area is 250 Å². The van der Waals surface area contributed by atoms with Gasteiger partial charge in [-0.1, -0.05) is 38.8 Å². The van der Waals surface area contributed by atoms with Gasteiger partial charge in [0.05, 0.1) is 0 Å². The molecule has 10 heteroatoms. The van der Waals surface area contributed by atoms with Crippen LogP contribution in [0.15, 0.2) is 48.9 Å². The van der Waals surface area contributed by atoms with Gasteiger partial charge >= 0.3 is 0 Å². The summed E-state index contributed by atoms with van der Waals surface area (Å²) in [5.41, 5.74) is 10.9. The number of nitrogen functional groups attached to an aromatic ring is 1. The minimum atomic E-state index is -0.708. The number of hydrogen-bond donors (Lipinski definition) is 2. The van der Waals surface area contributed by atoms with E-state index in [1.807, 2.05) is 52.9 Å². The molecule has 216 valence electrons. The van der Waals surface area contributed by atoms with Crippen LogP contribution in [-0.2, 0) is 15.1 Å². The Morgan fingerprint density at radius 3 is 2.60 bits per heavy atom. The Balaban J connectivity index is 1.53. The summed E-state index contributed by atoms with van der Waals surface area (Å²) in [5, 5.41) is 2.90. The quantitative estimate of drug-likeness (QED) is 0.303. The molecule has 0 spiro atoms. The van der Waals surface area contributed by atoms with E-state index in [1.165, 1.54) is 0 Å². The molecule has 3 N–H and O–H groups in total. The molecule has 1 fully saturated rings. The van der Waals surface area contributed by atoms with Gasteiger partial charge in [-0.15, -0.1) is 11.8 Å². The second kappa shape index (κ2) is 11.1. The maximum atomic E-state index is 13.2. The van der Waals surface area contributed by atoms with Gasteiger partial charge in [-0.3, -0.25) is 14.0 Å². The number of imidazole rings is 1. The van der Waals surface area contributed by atoms with Gasteiger partial charge in [-0.2, -0.15) is 0 Å². The summed E-state index contributed by atoms with van der Waals surface area (Å²) in [5.74, 6) is 6.49. The van der Waals surface area contributed by atoms with Crippen LogP contribution < -0.4 is 11.1 Å². The zero-order chi connectivity index (χ0) is 30.2. The number of anilines is 2. The molecular formula is C32H35N7O2S.